The van der Waals surface area contributed by atoms with Crippen molar-refractivity contribution >= 4 is 47.0 Å². The fourth-order valence-corrected chi connectivity index (χ4v) is 3.36. The van der Waals surface area contributed by atoms with Gasteiger partial charge in [-0.05, 0) is 35.9 Å². The van der Waals surface area contributed by atoms with Gasteiger partial charge in [0.2, 0.25) is 5.91 Å². The molecule has 0 aliphatic carbocycles. The number of ether oxygens (including phenoxy) is 3. The molecule has 3 rings (SSSR count). The van der Waals surface area contributed by atoms with Crippen molar-refractivity contribution in [1.82, 2.24) is 0 Å². The van der Waals surface area contributed by atoms with E-state index in [0.717, 1.165) is 17.8 Å². The van der Waals surface area contributed by atoms with Crippen LogP contribution in [-0.2, 0) is 14.3 Å². The van der Waals surface area contributed by atoms with Crippen LogP contribution >= 0.6 is 0 Å². The number of carbonyl (C=O) groups is 3. The monoisotopic (exact) mass is 531 g/mol. The molecule has 39 heavy (non-hydrogen) atoms. The Hall–Kier alpha value is -5.32. The van der Waals surface area contributed by atoms with E-state index in [1.165, 1.54) is 38.5 Å². The molecule has 0 spiro atoms. The fraction of sp³-hybridized carbons (Fsp3) is 0.143. The Bertz CT molecular complexity index is 1420. The molecule has 0 radical (unpaired) electrons. The lowest BCUT2D eigenvalue weighted by molar-refractivity contribution is -0.384. The number of rotatable bonds is 12. The Morgan fingerprint density at radius 3 is 2.36 bits per heavy atom. The molecule has 0 saturated carbocycles. The first-order valence-corrected chi connectivity index (χ1v) is 11.5. The zero-order valence-electron chi connectivity index (χ0n) is 21.2. The number of nitro groups is 1. The lowest BCUT2D eigenvalue weighted by Gasteiger charge is -2.14. The number of nitrogens with one attached hydrogen (secondary N) is 1. The maximum Gasteiger partial charge on any atom is 0.338 e. The molecule has 1 N–H and O–H groups in total. The molecule has 0 aliphatic heterocycles. The maximum absolute atomic E-state index is 13.2. The SMILES string of the molecule is C=Cc1ccc(C(=O)OCC(=O)C(C=Nc2ccc([N+](=O)[O-])cc2OC)C(=O)Nc2ccccc2OC)cc1. The van der Waals surface area contributed by atoms with Crippen molar-refractivity contribution in [2.75, 3.05) is 26.1 Å². The summed E-state index contributed by atoms with van der Waals surface area (Å²) in [5.41, 5.74) is 1.25. The minimum atomic E-state index is -1.49. The number of non-ortho nitro benzene ring substituents is 1. The van der Waals surface area contributed by atoms with Gasteiger partial charge in [-0.25, -0.2) is 4.79 Å². The van der Waals surface area contributed by atoms with Crippen molar-refractivity contribution in [1.29, 1.82) is 0 Å². The van der Waals surface area contributed by atoms with Crippen LogP contribution in [0.4, 0.5) is 17.1 Å². The average Bonchev–Trinajstić information content (AvgIpc) is 2.96. The van der Waals surface area contributed by atoms with Gasteiger partial charge in [-0.1, -0.05) is 36.9 Å². The molecule has 0 aromatic heterocycles. The molecule has 11 heteroatoms. The van der Waals surface area contributed by atoms with Crippen LogP contribution < -0.4 is 14.8 Å². The van der Waals surface area contributed by atoms with Gasteiger partial charge in [-0.3, -0.25) is 24.7 Å². The number of nitro benzene ring substituents is 1. The van der Waals surface area contributed by atoms with Crippen LogP contribution in [0.15, 0.2) is 78.3 Å². The lowest BCUT2D eigenvalue weighted by atomic mass is 10.0. The van der Waals surface area contributed by atoms with Crippen LogP contribution in [0.1, 0.15) is 15.9 Å². The second kappa shape index (κ2) is 13.3. The van der Waals surface area contributed by atoms with Crippen molar-refractivity contribution in [2.45, 2.75) is 0 Å². The molecule has 0 aliphatic rings. The van der Waals surface area contributed by atoms with Crippen LogP contribution in [0.5, 0.6) is 11.5 Å². The number of benzene rings is 3. The summed E-state index contributed by atoms with van der Waals surface area (Å²) in [4.78, 5) is 53.4. The molecule has 0 fully saturated rings. The minimum absolute atomic E-state index is 0.0613. The number of nitrogens with zero attached hydrogens (tertiary/aromatic N) is 2. The number of amides is 1. The molecular formula is C28H25N3O8. The molecule has 11 nitrogen and oxygen atoms in total. The summed E-state index contributed by atoms with van der Waals surface area (Å²) in [6.07, 6.45) is 2.67. The van der Waals surface area contributed by atoms with Crippen LogP contribution in [0.25, 0.3) is 6.08 Å². The highest BCUT2D eigenvalue weighted by molar-refractivity contribution is 6.18. The zero-order valence-corrected chi connectivity index (χ0v) is 21.2. The van der Waals surface area contributed by atoms with Crippen LogP contribution in [0, 0.1) is 16.0 Å². The third kappa shape index (κ3) is 7.35. The molecule has 3 aromatic carbocycles. The summed E-state index contributed by atoms with van der Waals surface area (Å²) < 4.78 is 15.6. The van der Waals surface area contributed by atoms with Crippen molar-refractivity contribution < 1.29 is 33.5 Å². The third-order valence-electron chi connectivity index (χ3n) is 5.46. The first-order chi connectivity index (χ1) is 18.8. The zero-order chi connectivity index (χ0) is 28.4. The van der Waals surface area contributed by atoms with Gasteiger partial charge in [0.05, 0.1) is 36.5 Å². The summed E-state index contributed by atoms with van der Waals surface area (Å²) in [6.45, 7) is 2.93. The molecule has 0 saturated heterocycles. The number of esters is 1. The molecular weight excluding hydrogens is 506 g/mol. The number of carbonyl (C=O) groups excluding carboxylic acids is 3. The van der Waals surface area contributed by atoms with Crippen molar-refractivity contribution in [2.24, 2.45) is 10.9 Å². The van der Waals surface area contributed by atoms with Crippen molar-refractivity contribution in [3.8, 4) is 11.5 Å². The smallest absolute Gasteiger partial charge is 0.338 e. The first-order valence-electron chi connectivity index (χ1n) is 11.5. The van der Waals surface area contributed by atoms with Gasteiger partial charge in [0.25, 0.3) is 5.69 Å². The van der Waals surface area contributed by atoms with Crippen molar-refractivity contribution in [3.63, 3.8) is 0 Å². The topological polar surface area (TPSA) is 146 Å². The van der Waals surface area contributed by atoms with Gasteiger partial charge in [0.15, 0.2) is 18.1 Å². The van der Waals surface area contributed by atoms with Gasteiger partial charge < -0.3 is 19.5 Å². The van der Waals surface area contributed by atoms with Gasteiger partial charge in [0, 0.05) is 12.3 Å². The molecule has 1 atom stereocenters. The highest BCUT2D eigenvalue weighted by Gasteiger charge is 2.27. The summed E-state index contributed by atoms with van der Waals surface area (Å²) in [6, 6.07) is 16.7. The number of hydrogen-bond acceptors (Lipinski definition) is 9. The second-order valence-electron chi connectivity index (χ2n) is 7.93. The number of methoxy groups -OCH3 is 2. The quantitative estimate of drug-likeness (QED) is 0.117. The number of anilines is 1. The Morgan fingerprint density at radius 1 is 1.03 bits per heavy atom. The Morgan fingerprint density at radius 2 is 1.72 bits per heavy atom. The number of ketones is 1. The number of para-hydroxylation sites is 2. The van der Waals surface area contributed by atoms with Crippen LogP contribution in [-0.4, -0.2) is 49.6 Å². The predicted octanol–water partition coefficient (Wildman–Crippen LogP) is 4.64. The number of aliphatic imine (C=N–C) groups is 1. The van der Waals surface area contributed by atoms with E-state index in [1.807, 2.05) is 0 Å². The van der Waals surface area contributed by atoms with E-state index in [-0.39, 0.29) is 22.7 Å². The fourth-order valence-electron chi connectivity index (χ4n) is 3.36. The summed E-state index contributed by atoms with van der Waals surface area (Å²) in [5.74, 6) is -3.35. The van der Waals surface area contributed by atoms with Gasteiger partial charge in [-0.2, -0.15) is 0 Å². The summed E-state index contributed by atoms with van der Waals surface area (Å²) in [7, 11) is 2.73. The van der Waals surface area contributed by atoms with E-state index in [4.69, 9.17) is 14.2 Å². The molecule has 1 unspecified atom stereocenters. The highest BCUT2D eigenvalue weighted by atomic mass is 16.6. The maximum atomic E-state index is 13.2. The van der Waals surface area contributed by atoms with Gasteiger partial charge in [0.1, 0.15) is 17.4 Å². The van der Waals surface area contributed by atoms with Crippen LogP contribution in [0.2, 0.25) is 0 Å². The van der Waals surface area contributed by atoms with Crippen molar-refractivity contribution in [3.05, 3.63) is 94.6 Å². The normalized spacial score (nSPS) is 11.3. The average molecular weight is 532 g/mol. The van der Waals surface area contributed by atoms with E-state index in [1.54, 1.807) is 42.5 Å². The van der Waals surface area contributed by atoms with E-state index in [9.17, 15) is 24.5 Å². The van der Waals surface area contributed by atoms with Crippen LogP contribution in [0.3, 0.4) is 0 Å². The van der Waals surface area contributed by atoms with Gasteiger partial charge in [-0.15, -0.1) is 0 Å². The highest BCUT2D eigenvalue weighted by Crippen LogP contribution is 2.31. The Balaban J connectivity index is 1.85. The molecule has 0 bridgehead atoms. The predicted molar refractivity (Wildman–Crippen MR) is 145 cm³/mol. The molecule has 1 amide bonds. The standard InChI is InChI=1S/C28H25N3O8/c1-4-18-9-11-19(12-10-18)28(34)39-17-24(32)21(27(33)30-23-7-5-6-8-25(23)37-2)16-29-22-14-13-20(31(35)36)15-26(22)38-3/h4-16,21H,1,17H2,2-3H3,(H,30,33). The van der Waals surface area contributed by atoms with E-state index in [2.05, 4.69) is 16.9 Å². The van der Waals surface area contributed by atoms with E-state index >= 15 is 0 Å². The first kappa shape index (κ1) is 28.3. The minimum Gasteiger partial charge on any atom is -0.495 e. The molecule has 0 heterocycles. The second-order valence-corrected chi connectivity index (χ2v) is 7.93. The van der Waals surface area contributed by atoms with Gasteiger partial charge >= 0.3 is 5.97 Å². The third-order valence-corrected chi connectivity index (χ3v) is 5.46. The lowest BCUT2D eigenvalue weighted by Crippen LogP contribution is -2.34. The molecule has 3 aromatic rings. The number of Topliss-reactive ketones (excluding diaryl/α,β-unsaturated/α-hetero) is 1. The van der Waals surface area contributed by atoms with E-state index < -0.39 is 35.1 Å². The molecule has 200 valence electrons. The Labute approximate surface area is 223 Å². The summed E-state index contributed by atoms with van der Waals surface area (Å²) in [5, 5.41) is 13.7. The largest absolute Gasteiger partial charge is 0.495 e. The van der Waals surface area contributed by atoms with E-state index in [0.29, 0.717) is 11.4 Å². The Kier molecular flexibility index (Phi) is 9.63. The summed E-state index contributed by atoms with van der Waals surface area (Å²) >= 11 is 0. The number of hydrogen-bond donors (Lipinski definition) is 1.